The summed E-state index contributed by atoms with van der Waals surface area (Å²) in [6, 6.07) is 10.8. The molecule has 0 aliphatic carbocycles. The summed E-state index contributed by atoms with van der Waals surface area (Å²) in [4.78, 5) is 4.75. The van der Waals surface area contributed by atoms with Crippen LogP contribution in [0.1, 0.15) is 30.9 Å². The van der Waals surface area contributed by atoms with Crippen LogP contribution in [0.25, 0.3) is 11.3 Å². The molecule has 0 N–H and O–H groups in total. The molecule has 20 heavy (non-hydrogen) atoms. The van der Waals surface area contributed by atoms with Crippen LogP contribution in [-0.4, -0.2) is 13.1 Å². The van der Waals surface area contributed by atoms with Crippen molar-refractivity contribution < 1.29 is 0 Å². The molecule has 0 atom stereocenters. The first-order chi connectivity index (χ1) is 9.30. The third-order valence-electron chi connectivity index (χ3n) is 3.79. The van der Waals surface area contributed by atoms with E-state index in [4.69, 9.17) is 4.98 Å². The van der Waals surface area contributed by atoms with E-state index in [2.05, 4.69) is 76.9 Å². The lowest BCUT2D eigenvalue weighted by Crippen LogP contribution is -2.40. The molecule has 0 aliphatic rings. The zero-order valence-corrected chi connectivity index (χ0v) is 14.5. The predicted molar refractivity (Wildman–Crippen MR) is 91.5 cm³/mol. The van der Waals surface area contributed by atoms with Gasteiger partial charge in [-0.25, -0.2) is 0 Å². The summed E-state index contributed by atoms with van der Waals surface area (Å²) in [7, 11) is -1.34. The van der Waals surface area contributed by atoms with Gasteiger partial charge in [-0.05, 0) is 35.2 Å². The van der Waals surface area contributed by atoms with Crippen LogP contribution in [0, 0.1) is 6.92 Å². The van der Waals surface area contributed by atoms with Gasteiger partial charge in [0.15, 0.2) is 0 Å². The first-order valence-electron chi connectivity index (χ1n) is 7.37. The number of hydrogen-bond acceptors (Lipinski definition) is 1. The van der Waals surface area contributed by atoms with Gasteiger partial charge in [-0.15, -0.1) is 0 Å². The van der Waals surface area contributed by atoms with Gasteiger partial charge in [0.1, 0.15) is 0 Å². The Labute approximate surface area is 124 Å². The van der Waals surface area contributed by atoms with Gasteiger partial charge < -0.3 is 0 Å². The first-order valence-corrected chi connectivity index (χ1v) is 10.9. The Hall–Kier alpha value is -1.41. The van der Waals surface area contributed by atoms with Crippen molar-refractivity contribution in [1.29, 1.82) is 0 Å². The van der Waals surface area contributed by atoms with Gasteiger partial charge in [-0.3, -0.25) is 4.98 Å². The highest BCUT2D eigenvalue weighted by Gasteiger charge is 2.22. The summed E-state index contributed by atoms with van der Waals surface area (Å²) in [6.07, 6.45) is 2.13. The Morgan fingerprint density at radius 3 is 2.25 bits per heavy atom. The van der Waals surface area contributed by atoms with Crippen LogP contribution in [0.15, 0.2) is 36.5 Å². The predicted octanol–water partition coefficient (Wildman–Crippen LogP) is 4.73. The molecule has 2 heteroatoms. The molecule has 0 radical (unpaired) electrons. The van der Waals surface area contributed by atoms with Crippen molar-refractivity contribution in [3.05, 3.63) is 47.7 Å². The van der Waals surface area contributed by atoms with Crippen molar-refractivity contribution in [1.82, 2.24) is 4.98 Å². The van der Waals surface area contributed by atoms with E-state index in [9.17, 15) is 0 Å². The van der Waals surface area contributed by atoms with Gasteiger partial charge in [0.2, 0.25) is 0 Å². The number of benzene rings is 1. The molecule has 0 saturated carbocycles. The first kappa shape index (κ1) is 15.0. The average molecular weight is 283 g/mol. The van der Waals surface area contributed by atoms with Crippen molar-refractivity contribution in [2.45, 2.75) is 46.3 Å². The molecule has 1 aromatic heterocycles. The zero-order chi connectivity index (χ0) is 14.9. The second kappa shape index (κ2) is 5.53. The van der Waals surface area contributed by atoms with Gasteiger partial charge in [0, 0.05) is 11.8 Å². The number of aryl methyl sites for hydroxylation is 1. The van der Waals surface area contributed by atoms with Crippen molar-refractivity contribution in [3.8, 4) is 11.3 Å². The number of nitrogens with zero attached hydrogens (tertiary/aromatic N) is 1. The largest absolute Gasteiger partial charge is 0.256 e. The summed E-state index contributed by atoms with van der Waals surface area (Å²) in [5.41, 5.74) is 5.11. The SMILES string of the molecule is Cc1ccccc1-c1cc(C(C)C)c([Si](C)(C)C)cn1. The Kier molecular flexibility index (Phi) is 4.14. The second-order valence-electron chi connectivity index (χ2n) is 6.88. The Bertz CT molecular complexity index is 609. The lowest BCUT2D eigenvalue weighted by Gasteiger charge is -2.23. The third kappa shape index (κ3) is 3.01. The van der Waals surface area contributed by atoms with Gasteiger partial charge in [-0.2, -0.15) is 0 Å². The highest BCUT2D eigenvalue weighted by Crippen LogP contribution is 2.25. The van der Waals surface area contributed by atoms with E-state index in [1.165, 1.54) is 21.9 Å². The Morgan fingerprint density at radius 2 is 1.70 bits per heavy atom. The molecule has 106 valence electrons. The fraction of sp³-hybridized carbons (Fsp3) is 0.389. The summed E-state index contributed by atoms with van der Waals surface area (Å²) < 4.78 is 0. The standard InChI is InChI=1S/C18H25NSi/c1-13(2)16-11-17(15-10-8-7-9-14(15)3)19-12-18(16)20(4,5)6/h7-13H,1-6H3. The molecule has 0 saturated heterocycles. The summed E-state index contributed by atoms with van der Waals surface area (Å²) >= 11 is 0. The fourth-order valence-corrected chi connectivity index (χ4v) is 4.26. The van der Waals surface area contributed by atoms with Crippen LogP contribution in [0.3, 0.4) is 0 Å². The van der Waals surface area contributed by atoms with Crippen LogP contribution >= 0.6 is 0 Å². The van der Waals surface area contributed by atoms with E-state index in [0.717, 1.165) is 5.69 Å². The van der Waals surface area contributed by atoms with Gasteiger partial charge in [0.05, 0.1) is 13.8 Å². The molecule has 2 rings (SSSR count). The van der Waals surface area contributed by atoms with Crippen LogP contribution < -0.4 is 5.19 Å². The topological polar surface area (TPSA) is 12.9 Å². The second-order valence-corrected chi connectivity index (χ2v) is 11.9. The number of hydrogen-bond donors (Lipinski definition) is 0. The molecule has 0 bridgehead atoms. The molecule has 0 amide bonds. The lowest BCUT2D eigenvalue weighted by atomic mass is 9.99. The smallest absolute Gasteiger partial charge is 0.0799 e. The molecule has 1 nitrogen and oxygen atoms in total. The fourth-order valence-electron chi connectivity index (χ4n) is 2.58. The monoisotopic (exact) mass is 283 g/mol. The highest BCUT2D eigenvalue weighted by atomic mass is 28.3. The summed E-state index contributed by atoms with van der Waals surface area (Å²) in [5, 5.41) is 1.49. The van der Waals surface area contributed by atoms with Crippen molar-refractivity contribution in [3.63, 3.8) is 0 Å². The highest BCUT2D eigenvalue weighted by molar-refractivity contribution is 6.89. The van der Waals surface area contributed by atoms with Gasteiger partial charge in [0.25, 0.3) is 0 Å². The molecule has 0 spiro atoms. The number of rotatable bonds is 3. The van der Waals surface area contributed by atoms with Crippen molar-refractivity contribution in [2.75, 3.05) is 0 Å². The number of pyridine rings is 1. The minimum atomic E-state index is -1.34. The third-order valence-corrected chi connectivity index (χ3v) is 5.82. The van der Waals surface area contributed by atoms with Crippen LogP contribution in [0.2, 0.25) is 19.6 Å². The van der Waals surface area contributed by atoms with Crippen molar-refractivity contribution >= 4 is 13.3 Å². The molecule has 1 aromatic carbocycles. The van der Waals surface area contributed by atoms with Crippen LogP contribution in [0.4, 0.5) is 0 Å². The summed E-state index contributed by atoms with van der Waals surface area (Å²) in [5.74, 6) is 0.544. The molecular formula is C18H25NSi. The maximum absolute atomic E-state index is 4.75. The summed E-state index contributed by atoms with van der Waals surface area (Å²) in [6.45, 7) is 13.9. The minimum absolute atomic E-state index is 0.544. The molecule has 0 unspecified atom stereocenters. The van der Waals surface area contributed by atoms with E-state index in [0.29, 0.717) is 5.92 Å². The van der Waals surface area contributed by atoms with Gasteiger partial charge >= 0.3 is 0 Å². The Balaban J connectivity index is 2.60. The van der Waals surface area contributed by atoms with Gasteiger partial charge in [-0.1, -0.05) is 57.8 Å². The Morgan fingerprint density at radius 1 is 1.05 bits per heavy atom. The maximum Gasteiger partial charge on any atom is 0.0799 e. The van der Waals surface area contributed by atoms with E-state index < -0.39 is 8.07 Å². The zero-order valence-electron chi connectivity index (χ0n) is 13.5. The normalized spacial score (nSPS) is 11.9. The lowest BCUT2D eigenvalue weighted by molar-refractivity contribution is 0.869. The quantitative estimate of drug-likeness (QED) is 0.742. The van der Waals surface area contributed by atoms with Crippen molar-refractivity contribution in [2.24, 2.45) is 0 Å². The molecular weight excluding hydrogens is 258 g/mol. The molecule has 1 heterocycles. The van der Waals surface area contributed by atoms with E-state index in [1.54, 1.807) is 0 Å². The van der Waals surface area contributed by atoms with E-state index >= 15 is 0 Å². The molecule has 0 fully saturated rings. The number of aromatic nitrogens is 1. The van der Waals surface area contributed by atoms with Crippen LogP contribution in [0.5, 0.6) is 0 Å². The minimum Gasteiger partial charge on any atom is -0.256 e. The average Bonchev–Trinajstić information content (AvgIpc) is 2.37. The molecule has 0 aliphatic heterocycles. The maximum atomic E-state index is 4.75. The van der Waals surface area contributed by atoms with Crippen LogP contribution in [-0.2, 0) is 0 Å². The van der Waals surface area contributed by atoms with E-state index in [1.807, 2.05) is 0 Å². The van der Waals surface area contributed by atoms with E-state index in [-0.39, 0.29) is 0 Å². The molecule has 2 aromatic rings.